The number of ether oxygens (including phenoxy) is 1. The van der Waals surface area contributed by atoms with Crippen molar-refractivity contribution >= 4 is 33.5 Å². The van der Waals surface area contributed by atoms with Crippen LogP contribution in [-0.4, -0.2) is 34.7 Å². The lowest BCUT2D eigenvalue weighted by atomic mass is 9.93. The molecule has 4 rings (SSSR count). The van der Waals surface area contributed by atoms with Crippen LogP contribution in [0, 0.1) is 0 Å². The molecule has 1 fully saturated rings. The van der Waals surface area contributed by atoms with Crippen molar-refractivity contribution in [2.75, 3.05) is 24.3 Å². The Morgan fingerprint density at radius 1 is 1.14 bits per heavy atom. The molecule has 1 aromatic carbocycles. The van der Waals surface area contributed by atoms with Crippen LogP contribution in [0.15, 0.2) is 41.5 Å². The van der Waals surface area contributed by atoms with Crippen LogP contribution in [0.3, 0.4) is 0 Å². The molecule has 2 aromatic rings. The van der Waals surface area contributed by atoms with Crippen LogP contribution in [0.1, 0.15) is 12.8 Å². The Hall–Kier alpha value is -1.59. The first kappa shape index (κ1) is 13.1. The number of aromatic nitrogens is 1. The van der Waals surface area contributed by atoms with Crippen LogP contribution in [0.25, 0.3) is 10.9 Å². The molecule has 0 bridgehead atoms. The lowest BCUT2D eigenvalue weighted by Crippen LogP contribution is -2.34. The third-order valence-corrected chi connectivity index (χ3v) is 5.26. The van der Waals surface area contributed by atoms with Crippen LogP contribution in [0.5, 0.6) is 0 Å². The van der Waals surface area contributed by atoms with Gasteiger partial charge in [-0.1, -0.05) is 30.0 Å². The first-order chi connectivity index (χ1) is 10.3. The Bertz CT molecular complexity index is 689. The predicted molar refractivity (Wildman–Crippen MR) is 88.0 cm³/mol. The Kier molecular flexibility index (Phi) is 3.31. The zero-order valence-corrected chi connectivity index (χ0v) is 12.5. The van der Waals surface area contributed by atoms with Crippen LogP contribution in [0.4, 0.5) is 5.69 Å². The van der Waals surface area contributed by atoms with Crippen molar-refractivity contribution in [1.29, 1.82) is 0 Å². The second-order valence-corrected chi connectivity index (χ2v) is 6.51. The highest BCUT2D eigenvalue weighted by Crippen LogP contribution is 2.36. The molecule has 0 aliphatic carbocycles. The number of amidine groups is 1. The molecule has 4 nitrogen and oxygen atoms in total. The van der Waals surface area contributed by atoms with Gasteiger partial charge in [0.05, 0.1) is 16.7 Å². The summed E-state index contributed by atoms with van der Waals surface area (Å²) in [5.41, 5.74) is 2.11. The molecule has 0 atom stereocenters. The summed E-state index contributed by atoms with van der Waals surface area (Å²) in [7, 11) is 0. The SMILES string of the molecule is c1cnc2c(NC3=NC4(CCOCC4)CS3)cccc2c1. The van der Waals surface area contributed by atoms with Crippen molar-refractivity contribution in [3.63, 3.8) is 0 Å². The van der Waals surface area contributed by atoms with Gasteiger partial charge in [-0.25, -0.2) is 0 Å². The molecular weight excluding hydrogens is 282 g/mol. The van der Waals surface area contributed by atoms with E-state index in [2.05, 4.69) is 34.6 Å². The molecule has 2 aliphatic heterocycles. The average Bonchev–Trinajstić information content (AvgIpc) is 2.91. The van der Waals surface area contributed by atoms with Crippen molar-refractivity contribution in [3.8, 4) is 0 Å². The lowest BCUT2D eigenvalue weighted by molar-refractivity contribution is 0.0624. The van der Waals surface area contributed by atoms with Gasteiger partial charge in [0, 0.05) is 30.5 Å². The van der Waals surface area contributed by atoms with Gasteiger partial charge in [0.2, 0.25) is 0 Å². The number of hydrogen-bond acceptors (Lipinski definition) is 5. The van der Waals surface area contributed by atoms with Gasteiger partial charge in [0.25, 0.3) is 0 Å². The highest BCUT2D eigenvalue weighted by Gasteiger charge is 2.37. The van der Waals surface area contributed by atoms with Crippen LogP contribution >= 0.6 is 11.8 Å². The number of benzene rings is 1. The molecule has 21 heavy (non-hydrogen) atoms. The number of nitrogens with zero attached hydrogens (tertiary/aromatic N) is 2. The van der Waals surface area contributed by atoms with Gasteiger partial charge in [-0.15, -0.1) is 0 Å². The van der Waals surface area contributed by atoms with Crippen molar-refractivity contribution in [1.82, 2.24) is 4.98 Å². The van der Waals surface area contributed by atoms with E-state index in [0.29, 0.717) is 0 Å². The molecule has 0 saturated carbocycles. The van der Waals surface area contributed by atoms with Crippen molar-refractivity contribution in [2.45, 2.75) is 18.4 Å². The van der Waals surface area contributed by atoms with Crippen LogP contribution < -0.4 is 5.32 Å². The van der Waals surface area contributed by atoms with Gasteiger partial charge >= 0.3 is 0 Å². The highest BCUT2D eigenvalue weighted by molar-refractivity contribution is 8.14. The van der Waals surface area contributed by atoms with Crippen molar-refractivity contribution in [2.24, 2.45) is 4.99 Å². The average molecular weight is 299 g/mol. The van der Waals surface area contributed by atoms with E-state index in [-0.39, 0.29) is 5.54 Å². The maximum Gasteiger partial charge on any atom is 0.161 e. The summed E-state index contributed by atoms with van der Waals surface area (Å²) in [4.78, 5) is 9.42. The molecule has 1 spiro atoms. The molecule has 1 saturated heterocycles. The van der Waals surface area contributed by atoms with E-state index in [1.165, 1.54) is 0 Å². The summed E-state index contributed by atoms with van der Waals surface area (Å²) in [6.07, 6.45) is 3.88. The molecule has 108 valence electrons. The van der Waals surface area contributed by atoms with Crippen molar-refractivity contribution < 1.29 is 4.74 Å². The molecule has 5 heteroatoms. The molecule has 3 heterocycles. The van der Waals surface area contributed by atoms with Gasteiger partial charge in [-0.2, -0.15) is 0 Å². The third kappa shape index (κ3) is 2.51. The topological polar surface area (TPSA) is 46.5 Å². The highest BCUT2D eigenvalue weighted by atomic mass is 32.2. The first-order valence-corrected chi connectivity index (χ1v) is 8.24. The smallest absolute Gasteiger partial charge is 0.161 e. The number of hydrogen-bond donors (Lipinski definition) is 1. The zero-order valence-electron chi connectivity index (χ0n) is 11.7. The molecule has 2 aliphatic rings. The Labute approximate surface area is 128 Å². The molecular formula is C16H17N3OS. The molecule has 0 radical (unpaired) electrons. The summed E-state index contributed by atoms with van der Waals surface area (Å²) < 4.78 is 5.46. The van der Waals surface area contributed by atoms with Gasteiger partial charge in [0.15, 0.2) is 5.17 Å². The summed E-state index contributed by atoms with van der Waals surface area (Å²) in [5.74, 6) is 1.05. The Morgan fingerprint density at radius 3 is 2.90 bits per heavy atom. The van der Waals surface area contributed by atoms with E-state index >= 15 is 0 Å². The molecule has 1 aromatic heterocycles. The quantitative estimate of drug-likeness (QED) is 0.877. The Morgan fingerprint density at radius 2 is 2.00 bits per heavy atom. The van der Waals surface area contributed by atoms with E-state index in [1.807, 2.05) is 12.3 Å². The van der Waals surface area contributed by atoms with Crippen LogP contribution in [0.2, 0.25) is 0 Å². The van der Waals surface area contributed by atoms with E-state index in [1.54, 1.807) is 11.8 Å². The number of anilines is 1. The summed E-state index contributed by atoms with van der Waals surface area (Å²) in [6.45, 7) is 1.65. The first-order valence-electron chi connectivity index (χ1n) is 7.26. The minimum atomic E-state index is 0.0866. The maximum absolute atomic E-state index is 5.46. The minimum absolute atomic E-state index is 0.0866. The maximum atomic E-state index is 5.46. The normalized spacial score (nSPS) is 20.7. The molecule has 0 unspecified atom stereocenters. The lowest BCUT2D eigenvalue weighted by Gasteiger charge is -2.29. The second kappa shape index (κ2) is 5.31. The third-order valence-electron chi connectivity index (χ3n) is 4.11. The largest absolute Gasteiger partial charge is 0.381 e. The summed E-state index contributed by atoms with van der Waals surface area (Å²) in [6, 6.07) is 10.2. The van der Waals surface area contributed by atoms with Gasteiger partial charge < -0.3 is 10.1 Å². The number of rotatable bonds is 1. The monoisotopic (exact) mass is 299 g/mol. The van der Waals surface area contributed by atoms with Gasteiger partial charge in [-0.3, -0.25) is 9.98 Å². The van der Waals surface area contributed by atoms with Gasteiger partial charge in [-0.05, 0) is 25.0 Å². The van der Waals surface area contributed by atoms with Gasteiger partial charge in [0.1, 0.15) is 0 Å². The van der Waals surface area contributed by atoms with E-state index in [4.69, 9.17) is 9.73 Å². The van der Waals surface area contributed by atoms with Crippen molar-refractivity contribution in [3.05, 3.63) is 36.5 Å². The number of pyridine rings is 1. The molecule has 0 amide bonds. The fraction of sp³-hybridized carbons (Fsp3) is 0.375. The van der Waals surface area contributed by atoms with E-state index in [0.717, 1.165) is 53.6 Å². The number of nitrogens with one attached hydrogen (secondary N) is 1. The number of para-hydroxylation sites is 1. The van der Waals surface area contributed by atoms with E-state index in [9.17, 15) is 0 Å². The minimum Gasteiger partial charge on any atom is -0.381 e. The van der Waals surface area contributed by atoms with Crippen LogP contribution in [-0.2, 0) is 4.74 Å². The second-order valence-electron chi connectivity index (χ2n) is 5.55. The zero-order chi connectivity index (χ0) is 14.1. The number of thioether (sulfide) groups is 1. The standard InChI is InChI=1S/C16H17N3OS/c1-3-12-4-2-8-17-14(12)13(5-1)18-15-19-16(11-21-15)6-9-20-10-7-16/h1-5,8H,6-7,9-11H2,(H,18,19). The predicted octanol–water partition coefficient (Wildman–Crippen LogP) is 3.30. The summed E-state index contributed by atoms with van der Waals surface area (Å²) >= 11 is 1.81. The Balaban J connectivity index is 1.62. The van der Waals surface area contributed by atoms with E-state index < -0.39 is 0 Å². The number of aliphatic imine (C=N–C) groups is 1. The number of fused-ring (bicyclic) bond motifs is 1. The molecule has 1 N–H and O–H groups in total. The summed E-state index contributed by atoms with van der Waals surface area (Å²) in [5, 5.41) is 5.62. The fourth-order valence-corrected chi connectivity index (χ4v) is 4.07. The fourth-order valence-electron chi connectivity index (χ4n) is 2.87.